The van der Waals surface area contributed by atoms with Gasteiger partial charge in [-0.15, -0.1) is 0 Å². The molecule has 0 spiro atoms. The van der Waals surface area contributed by atoms with Crippen molar-refractivity contribution in [3.8, 4) is 0 Å². The molecule has 0 aliphatic rings. The van der Waals surface area contributed by atoms with E-state index in [1.54, 1.807) is 0 Å². The molecule has 0 aliphatic carbocycles. The molecule has 436 valence electrons. The lowest BCUT2D eigenvalue weighted by Gasteiger charge is -2.19. The van der Waals surface area contributed by atoms with Crippen molar-refractivity contribution in [1.82, 2.24) is 0 Å². The number of hydrogen-bond acceptors (Lipinski definition) is 8. The Morgan fingerprint density at radius 1 is 0.413 bits per heavy atom. The lowest BCUT2D eigenvalue weighted by Crippen LogP contribution is -2.29. The number of ether oxygens (including phenoxy) is 2. The van der Waals surface area contributed by atoms with Crippen LogP contribution in [-0.4, -0.2) is 49.3 Å². The number of nitrogens with two attached hydrogens (primary N) is 1. The van der Waals surface area contributed by atoms with Crippen LogP contribution in [0.4, 0.5) is 0 Å². The van der Waals surface area contributed by atoms with Gasteiger partial charge in [-0.05, 0) is 83.5 Å². The normalized spacial score (nSPS) is 13.5. The summed E-state index contributed by atoms with van der Waals surface area (Å²) in [4.78, 5) is 35.2. The topological polar surface area (TPSA) is 134 Å². The minimum atomic E-state index is -4.40. The lowest BCUT2D eigenvalue weighted by atomic mass is 10.0. The van der Waals surface area contributed by atoms with Crippen LogP contribution in [-0.2, 0) is 32.7 Å². The highest BCUT2D eigenvalue weighted by atomic mass is 31.2. The number of hydrogen-bond donors (Lipinski definition) is 2. The maximum absolute atomic E-state index is 12.7. The Hall–Kier alpha value is -2.55. The third-order valence-corrected chi connectivity index (χ3v) is 14.6. The molecule has 9 nitrogen and oxygen atoms in total. The standard InChI is InChI=1S/C65H118NO8P/c1-3-5-7-9-11-13-15-17-19-21-23-24-25-26-27-28-29-30-31-32-33-34-35-36-37-38-40-41-43-45-47-49-51-53-55-57-64(67)71-61-63(62-73-75(69,70)72-60-59-66)74-65(68)58-56-54-52-50-48-46-44-42-39-22-20-18-16-14-12-10-8-6-4-2/h6,8,12,14,18,20-21,23,39,42,46,48,63H,3-5,7,9-11,13,15-17,19,22,24-38,40-41,43-45,47,49-62,66H2,1-2H3,(H,69,70)/b8-6-,14-12-,20-18-,23-21-,42-39-,48-46-. The van der Waals surface area contributed by atoms with E-state index in [1.807, 2.05) is 0 Å². The van der Waals surface area contributed by atoms with Gasteiger partial charge >= 0.3 is 19.8 Å². The molecule has 10 heteroatoms. The number of phosphoric ester groups is 1. The zero-order chi connectivity index (χ0) is 54.5. The summed E-state index contributed by atoms with van der Waals surface area (Å²) in [5.41, 5.74) is 5.38. The first-order chi connectivity index (χ1) is 36.8. The van der Waals surface area contributed by atoms with Crippen LogP contribution in [0.3, 0.4) is 0 Å². The molecule has 0 amide bonds. The van der Waals surface area contributed by atoms with Crippen molar-refractivity contribution in [3.63, 3.8) is 0 Å². The molecule has 0 fully saturated rings. The van der Waals surface area contributed by atoms with Gasteiger partial charge in [-0.2, -0.15) is 0 Å². The molecule has 0 saturated carbocycles. The zero-order valence-electron chi connectivity index (χ0n) is 48.8. The van der Waals surface area contributed by atoms with Crippen LogP contribution in [0.15, 0.2) is 72.9 Å². The fourth-order valence-electron chi connectivity index (χ4n) is 8.95. The SMILES string of the molecule is CC/C=C\C/C=C\C/C=C\C/C=C\C/C=C\CCCCCC(=O)OC(COC(=O)CCCCCCCCCCCCCCCCCCCCCCCCC/C=C\CCCCCCCCCC)COP(=O)(O)OCCN. The number of rotatable bonds is 59. The Bertz CT molecular complexity index is 1460. The molecule has 0 aromatic heterocycles. The Morgan fingerprint density at radius 3 is 1.12 bits per heavy atom. The van der Waals surface area contributed by atoms with Crippen molar-refractivity contribution >= 4 is 19.8 Å². The van der Waals surface area contributed by atoms with E-state index in [1.165, 1.54) is 193 Å². The van der Waals surface area contributed by atoms with Gasteiger partial charge in [-0.3, -0.25) is 18.6 Å². The third kappa shape index (κ3) is 60.5. The summed E-state index contributed by atoms with van der Waals surface area (Å²) >= 11 is 0. The number of carbonyl (C=O) groups is 2. The average molecular weight is 1070 g/mol. The summed E-state index contributed by atoms with van der Waals surface area (Å²) in [6, 6.07) is 0. The quantitative estimate of drug-likeness (QED) is 0.0264. The summed E-state index contributed by atoms with van der Waals surface area (Å²) in [6.07, 6.45) is 78.5. The van der Waals surface area contributed by atoms with Crippen molar-refractivity contribution < 1.29 is 37.6 Å². The van der Waals surface area contributed by atoms with Gasteiger partial charge in [0.2, 0.25) is 0 Å². The van der Waals surface area contributed by atoms with Crippen molar-refractivity contribution in [2.24, 2.45) is 5.73 Å². The van der Waals surface area contributed by atoms with Crippen LogP contribution in [0.25, 0.3) is 0 Å². The van der Waals surface area contributed by atoms with Gasteiger partial charge in [0.05, 0.1) is 13.2 Å². The van der Waals surface area contributed by atoms with Gasteiger partial charge < -0.3 is 20.1 Å². The highest BCUT2D eigenvalue weighted by molar-refractivity contribution is 7.47. The zero-order valence-corrected chi connectivity index (χ0v) is 49.7. The van der Waals surface area contributed by atoms with Gasteiger partial charge in [-0.25, -0.2) is 4.57 Å². The average Bonchev–Trinajstić information content (AvgIpc) is 3.40. The van der Waals surface area contributed by atoms with E-state index in [-0.39, 0.29) is 38.6 Å². The summed E-state index contributed by atoms with van der Waals surface area (Å²) in [5, 5.41) is 0. The van der Waals surface area contributed by atoms with Crippen LogP contribution in [0, 0.1) is 0 Å². The predicted octanol–water partition coefficient (Wildman–Crippen LogP) is 20.1. The largest absolute Gasteiger partial charge is 0.472 e. The number of esters is 2. The molecule has 0 rings (SSSR count). The molecule has 2 atom stereocenters. The number of unbranched alkanes of at least 4 members (excludes halogenated alkanes) is 34. The minimum Gasteiger partial charge on any atom is -0.462 e. The van der Waals surface area contributed by atoms with E-state index in [0.29, 0.717) is 6.42 Å². The fourth-order valence-corrected chi connectivity index (χ4v) is 9.72. The Labute approximate surface area is 462 Å². The molecular weight excluding hydrogens is 954 g/mol. The van der Waals surface area contributed by atoms with E-state index >= 15 is 0 Å². The second-order valence-corrected chi connectivity index (χ2v) is 22.3. The second kappa shape index (κ2) is 60.7. The van der Waals surface area contributed by atoms with E-state index in [0.717, 1.165) is 70.6 Å². The summed E-state index contributed by atoms with van der Waals surface area (Å²) in [6.45, 7) is 3.62. The van der Waals surface area contributed by atoms with Crippen molar-refractivity contribution in [2.45, 2.75) is 302 Å². The molecule has 0 saturated heterocycles. The van der Waals surface area contributed by atoms with E-state index < -0.39 is 26.5 Å². The van der Waals surface area contributed by atoms with Gasteiger partial charge in [0.15, 0.2) is 6.10 Å². The first-order valence-corrected chi connectivity index (χ1v) is 32.9. The monoisotopic (exact) mass is 1070 g/mol. The Balaban J connectivity index is 3.86. The minimum absolute atomic E-state index is 0.0457. The Morgan fingerprint density at radius 2 is 0.733 bits per heavy atom. The molecule has 0 aliphatic heterocycles. The summed E-state index contributed by atoms with van der Waals surface area (Å²) in [5.74, 6) is -0.858. The lowest BCUT2D eigenvalue weighted by molar-refractivity contribution is -0.161. The second-order valence-electron chi connectivity index (χ2n) is 20.9. The molecule has 0 radical (unpaired) electrons. The number of carbonyl (C=O) groups excluding carboxylic acids is 2. The fraction of sp³-hybridized carbons (Fsp3) is 0.785. The van der Waals surface area contributed by atoms with Crippen molar-refractivity contribution in [2.75, 3.05) is 26.4 Å². The van der Waals surface area contributed by atoms with Gasteiger partial charge in [0.25, 0.3) is 0 Å². The molecule has 3 N–H and O–H groups in total. The molecule has 0 aromatic rings. The Kier molecular flexibility index (Phi) is 58.6. The van der Waals surface area contributed by atoms with Crippen LogP contribution < -0.4 is 5.73 Å². The van der Waals surface area contributed by atoms with Gasteiger partial charge in [-0.1, -0.05) is 273 Å². The van der Waals surface area contributed by atoms with Crippen LogP contribution in [0.2, 0.25) is 0 Å². The van der Waals surface area contributed by atoms with Crippen LogP contribution in [0.1, 0.15) is 296 Å². The molecule has 75 heavy (non-hydrogen) atoms. The number of allylic oxidation sites excluding steroid dienone is 12. The molecule has 0 aromatic carbocycles. The highest BCUT2D eigenvalue weighted by Crippen LogP contribution is 2.43. The predicted molar refractivity (Wildman–Crippen MR) is 321 cm³/mol. The summed E-state index contributed by atoms with van der Waals surface area (Å²) < 4.78 is 33.0. The first-order valence-electron chi connectivity index (χ1n) is 31.4. The van der Waals surface area contributed by atoms with Crippen LogP contribution in [0.5, 0.6) is 0 Å². The maximum Gasteiger partial charge on any atom is 0.472 e. The first kappa shape index (κ1) is 72.5. The van der Waals surface area contributed by atoms with Gasteiger partial charge in [0, 0.05) is 19.4 Å². The molecule has 0 bridgehead atoms. The third-order valence-electron chi connectivity index (χ3n) is 13.6. The maximum atomic E-state index is 12.7. The highest BCUT2D eigenvalue weighted by Gasteiger charge is 2.26. The number of phosphoric acid groups is 1. The van der Waals surface area contributed by atoms with Crippen molar-refractivity contribution in [1.29, 1.82) is 0 Å². The molecule has 2 unspecified atom stereocenters. The van der Waals surface area contributed by atoms with Crippen molar-refractivity contribution in [3.05, 3.63) is 72.9 Å². The van der Waals surface area contributed by atoms with E-state index in [9.17, 15) is 19.0 Å². The van der Waals surface area contributed by atoms with Gasteiger partial charge in [0.1, 0.15) is 6.61 Å². The van der Waals surface area contributed by atoms with Crippen LogP contribution >= 0.6 is 7.82 Å². The van der Waals surface area contributed by atoms with E-state index in [2.05, 4.69) is 86.8 Å². The smallest absolute Gasteiger partial charge is 0.462 e. The molecular formula is C65H118NO8P. The van der Waals surface area contributed by atoms with E-state index in [4.69, 9.17) is 24.3 Å². The molecule has 0 heterocycles. The summed E-state index contributed by atoms with van der Waals surface area (Å²) in [7, 11) is -4.40.